The Kier molecular flexibility index (Phi) is 4.53. The third-order valence-electron chi connectivity index (χ3n) is 5.52. The Bertz CT molecular complexity index is 1450. The quantitative estimate of drug-likeness (QED) is 0.231. The highest BCUT2D eigenvalue weighted by Gasteiger charge is 2.19. The highest BCUT2D eigenvalue weighted by molar-refractivity contribution is 6.15. The van der Waals surface area contributed by atoms with Gasteiger partial charge < -0.3 is 0 Å². The maximum Gasteiger partial charge on any atom is 0.145 e. The second kappa shape index (κ2) is 7.49. The van der Waals surface area contributed by atoms with E-state index in [2.05, 4.69) is 103 Å². The van der Waals surface area contributed by atoms with Gasteiger partial charge in [-0.1, -0.05) is 104 Å². The molecule has 0 saturated heterocycles. The number of hydrogen-bond acceptors (Lipinski definition) is 1. The highest BCUT2D eigenvalue weighted by Crippen LogP contribution is 2.37. The van der Waals surface area contributed by atoms with Gasteiger partial charge in [-0.05, 0) is 18.4 Å². The number of pyridine rings is 1. The summed E-state index contributed by atoms with van der Waals surface area (Å²) in [5.41, 5.74) is 5.47. The number of benzene rings is 3. The van der Waals surface area contributed by atoms with E-state index in [0.717, 1.165) is 33.7 Å². The third kappa shape index (κ3) is 2.77. The lowest BCUT2D eigenvalue weighted by Crippen LogP contribution is -1.96. The average Bonchev–Trinajstić information content (AvgIpc) is 3.21. The lowest BCUT2D eigenvalue weighted by molar-refractivity contribution is 1.16. The summed E-state index contributed by atoms with van der Waals surface area (Å²) in [4.78, 5) is 5.19. The number of imidazole rings is 1. The number of para-hydroxylation sites is 1. The number of allylic oxidation sites excluding steroid dienone is 5. The standard InChI is InChI=1S/C28H22N2/c1-3-5-13-20(4-2)28-29-26(21-14-7-6-8-15-21)27-24-18-10-9-16-22(24)23-17-11-12-19-25(23)30(27)28/h3-19H,1H2,2H3/b13-5-,20-4+. The Morgan fingerprint density at radius 2 is 1.50 bits per heavy atom. The first-order chi connectivity index (χ1) is 14.8. The smallest absolute Gasteiger partial charge is 0.145 e. The van der Waals surface area contributed by atoms with Crippen LogP contribution in [0.1, 0.15) is 12.7 Å². The molecule has 5 aromatic rings. The maximum absolute atomic E-state index is 5.19. The van der Waals surface area contributed by atoms with Crippen LogP contribution in [0, 0.1) is 0 Å². The fourth-order valence-electron chi connectivity index (χ4n) is 4.19. The van der Waals surface area contributed by atoms with Gasteiger partial charge in [0.1, 0.15) is 5.82 Å². The molecule has 0 saturated carbocycles. The summed E-state index contributed by atoms with van der Waals surface area (Å²) in [6.45, 7) is 5.88. The Morgan fingerprint density at radius 1 is 0.833 bits per heavy atom. The molecule has 0 atom stereocenters. The first-order valence-corrected chi connectivity index (χ1v) is 10.2. The van der Waals surface area contributed by atoms with Crippen LogP contribution < -0.4 is 0 Å². The largest absolute Gasteiger partial charge is 0.291 e. The lowest BCUT2D eigenvalue weighted by atomic mass is 10.0. The van der Waals surface area contributed by atoms with Gasteiger partial charge in [0.25, 0.3) is 0 Å². The predicted molar refractivity (Wildman–Crippen MR) is 129 cm³/mol. The van der Waals surface area contributed by atoms with Crippen molar-refractivity contribution in [3.63, 3.8) is 0 Å². The fourth-order valence-corrected chi connectivity index (χ4v) is 4.19. The molecule has 0 aliphatic rings. The summed E-state index contributed by atoms with van der Waals surface area (Å²) in [6.07, 6.45) is 7.93. The summed E-state index contributed by atoms with van der Waals surface area (Å²) in [7, 11) is 0. The van der Waals surface area contributed by atoms with Crippen molar-refractivity contribution < 1.29 is 0 Å². The monoisotopic (exact) mass is 386 g/mol. The van der Waals surface area contributed by atoms with Gasteiger partial charge in [-0.15, -0.1) is 0 Å². The fraction of sp³-hybridized carbons (Fsp3) is 0.0357. The first-order valence-electron chi connectivity index (χ1n) is 10.2. The molecule has 3 aromatic carbocycles. The Hall–Kier alpha value is -3.91. The number of hydrogen-bond donors (Lipinski definition) is 0. The predicted octanol–water partition coefficient (Wildman–Crippen LogP) is 7.45. The van der Waals surface area contributed by atoms with Crippen molar-refractivity contribution in [2.75, 3.05) is 0 Å². The third-order valence-corrected chi connectivity index (χ3v) is 5.52. The number of fused-ring (bicyclic) bond motifs is 6. The van der Waals surface area contributed by atoms with E-state index < -0.39 is 0 Å². The maximum atomic E-state index is 5.19. The molecule has 2 aromatic heterocycles. The average molecular weight is 386 g/mol. The molecule has 0 unspecified atom stereocenters. The van der Waals surface area contributed by atoms with E-state index in [1.54, 1.807) is 6.08 Å². The molecule has 0 N–H and O–H groups in total. The Balaban J connectivity index is 2.04. The van der Waals surface area contributed by atoms with Gasteiger partial charge in [-0.2, -0.15) is 0 Å². The van der Waals surface area contributed by atoms with Crippen molar-refractivity contribution in [1.29, 1.82) is 0 Å². The molecule has 0 amide bonds. The van der Waals surface area contributed by atoms with Crippen LogP contribution >= 0.6 is 0 Å². The molecule has 0 aliphatic heterocycles. The Labute approximate surface area is 176 Å². The number of nitrogens with zero attached hydrogens (tertiary/aromatic N) is 2. The van der Waals surface area contributed by atoms with E-state index >= 15 is 0 Å². The zero-order chi connectivity index (χ0) is 20.5. The minimum atomic E-state index is 0.936. The lowest BCUT2D eigenvalue weighted by Gasteiger charge is -2.11. The minimum Gasteiger partial charge on any atom is -0.291 e. The summed E-state index contributed by atoms with van der Waals surface area (Å²) in [6, 6.07) is 27.6. The van der Waals surface area contributed by atoms with E-state index in [0.29, 0.717) is 0 Å². The van der Waals surface area contributed by atoms with Gasteiger partial charge in [-0.3, -0.25) is 4.40 Å². The zero-order valence-corrected chi connectivity index (χ0v) is 16.9. The zero-order valence-electron chi connectivity index (χ0n) is 16.9. The van der Waals surface area contributed by atoms with Crippen LogP contribution in [0.5, 0.6) is 0 Å². The summed E-state index contributed by atoms with van der Waals surface area (Å²) in [5.74, 6) is 0.936. The molecule has 0 bridgehead atoms. The second-order valence-corrected chi connectivity index (χ2v) is 7.24. The Morgan fingerprint density at radius 3 is 2.23 bits per heavy atom. The normalized spacial score (nSPS) is 12.4. The van der Waals surface area contributed by atoms with Crippen LogP contribution in [0.25, 0.3) is 44.0 Å². The molecule has 0 radical (unpaired) electrons. The van der Waals surface area contributed by atoms with Gasteiger partial charge in [-0.25, -0.2) is 4.98 Å². The van der Waals surface area contributed by atoms with Gasteiger partial charge in [0.05, 0.1) is 16.7 Å². The van der Waals surface area contributed by atoms with Crippen molar-refractivity contribution in [2.45, 2.75) is 6.92 Å². The van der Waals surface area contributed by atoms with E-state index in [9.17, 15) is 0 Å². The number of aromatic nitrogens is 2. The van der Waals surface area contributed by atoms with Crippen molar-refractivity contribution >= 4 is 32.8 Å². The van der Waals surface area contributed by atoms with Crippen molar-refractivity contribution in [2.24, 2.45) is 0 Å². The summed E-state index contributed by atoms with van der Waals surface area (Å²) < 4.78 is 2.31. The molecule has 0 spiro atoms. The molecule has 0 aliphatic carbocycles. The van der Waals surface area contributed by atoms with Crippen molar-refractivity contribution in [3.8, 4) is 11.3 Å². The van der Waals surface area contributed by atoms with Crippen LogP contribution in [-0.2, 0) is 0 Å². The van der Waals surface area contributed by atoms with Gasteiger partial charge in [0.2, 0.25) is 0 Å². The van der Waals surface area contributed by atoms with Gasteiger partial charge in [0.15, 0.2) is 0 Å². The molecule has 0 fully saturated rings. The van der Waals surface area contributed by atoms with E-state index in [1.807, 2.05) is 12.1 Å². The molecular formula is C28H22N2. The van der Waals surface area contributed by atoms with Crippen LogP contribution in [0.2, 0.25) is 0 Å². The summed E-state index contributed by atoms with van der Waals surface area (Å²) in [5, 5.41) is 3.67. The molecule has 2 nitrogen and oxygen atoms in total. The van der Waals surface area contributed by atoms with E-state index in [4.69, 9.17) is 4.98 Å². The van der Waals surface area contributed by atoms with Crippen molar-refractivity contribution in [3.05, 3.63) is 116 Å². The SMILES string of the molecule is C=C/C=C\C(=C/C)c1nc(-c2ccccc2)c2c3ccccc3c3ccccc3n12. The molecule has 2 heterocycles. The first kappa shape index (κ1) is 18.1. The highest BCUT2D eigenvalue weighted by atomic mass is 15.0. The van der Waals surface area contributed by atoms with Crippen LogP contribution in [0.3, 0.4) is 0 Å². The molecular weight excluding hydrogens is 364 g/mol. The van der Waals surface area contributed by atoms with Gasteiger partial charge in [0, 0.05) is 21.9 Å². The second-order valence-electron chi connectivity index (χ2n) is 7.24. The molecule has 144 valence electrons. The van der Waals surface area contributed by atoms with Crippen molar-refractivity contribution in [1.82, 2.24) is 9.38 Å². The molecule has 5 rings (SSSR count). The van der Waals surface area contributed by atoms with Crippen LogP contribution in [0.4, 0.5) is 0 Å². The van der Waals surface area contributed by atoms with Gasteiger partial charge >= 0.3 is 0 Å². The summed E-state index contributed by atoms with van der Waals surface area (Å²) >= 11 is 0. The van der Waals surface area contributed by atoms with E-state index in [1.165, 1.54) is 16.2 Å². The molecule has 2 heteroatoms. The van der Waals surface area contributed by atoms with Crippen LogP contribution in [-0.4, -0.2) is 9.38 Å². The van der Waals surface area contributed by atoms with Crippen LogP contribution in [0.15, 0.2) is 110 Å². The topological polar surface area (TPSA) is 17.3 Å². The number of rotatable bonds is 4. The van der Waals surface area contributed by atoms with E-state index in [-0.39, 0.29) is 0 Å². The minimum absolute atomic E-state index is 0.936. The molecule has 30 heavy (non-hydrogen) atoms.